The van der Waals surface area contributed by atoms with Crippen molar-refractivity contribution in [2.75, 3.05) is 6.61 Å². The fraction of sp³-hybridized carbons (Fsp3) is 0.609. The third kappa shape index (κ3) is 5.39. The van der Waals surface area contributed by atoms with Crippen molar-refractivity contribution in [1.82, 2.24) is 0 Å². The van der Waals surface area contributed by atoms with Gasteiger partial charge in [0, 0.05) is 12.3 Å². The summed E-state index contributed by atoms with van der Waals surface area (Å²) in [5.41, 5.74) is -1.11. The Balaban J connectivity index is 2.58. The molecule has 1 aliphatic carbocycles. The zero-order chi connectivity index (χ0) is 22.6. The molecule has 0 spiro atoms. The van der Waals surface area contributed by atoms with Gasteiger partial charge in [-0.15, -0.1) is 0 Å². The van der Waals surface area contributed by atoms with Gasteiger partial charge >= 0.3 is 11.9 Å². The number of hydrogen-bond donors (Lipinski definition) is 1. The lowest BCUT2D eigenvalue weighted by Crippen LogP contribution is -2.55. The van der Waals surface area contributed by atoms with Gasteiger partial charge in [0.2, 0.25) is 0 Å². The Morgan fingerprint density at radius 2 is 1.60 bits per heavy atom. The largest absolute Gasteiger partial charge is 0.494 e. The van der Waals surface area contributed by atoms with Crippen molar-refractivity contribution < 1.29 is 33.7 Å². The zero-order valence-electron chi connectivity index (χ0n) is 18.5. The van der Waals surface area contributed by atoms with Crippen molar-refractivity contribution >= 4 is 17.7 Å². The van der Waals surface area contributed by atoms with Crippen LogP contribution >= 0.6 is 0 Å². The Kier molecular flexibility index (Phi) is 7.64. The van der Waals surface area contributed by atoms with Crippen LogP contribution in [0.4, 0.5) is 0 Å². The summed E-state index contributed by atoms with van der Waals surface area (Å²) in [5.74, 6) is -4.43. The quantitative estimate of drug-likeness (QED) is 0.535. The van der Waals surface area contributed by atoms with E-state index in [1.165, 1.54) is 6.92 Å². The molecule has 7 heteroatoms. The van der Waals surface area contributed by atoms with Gasteiger partial charge in [0.15, 0.2) is 5.78 Å². The summed E-state index contributed by atoms with van der Waals surface area (Å²) in [5, 5.41) is 11.0. The molecular formula is C23H32O7. The van der Waals surface area contributed by atoms with Gasteiger partial charge in [-0.2, -0.15) is 0 Å². The number of ether oxygens (including phenoxy) is 3. The minimum absolute atomic E-state index is 0.337. The highest BCUT2D eigenvalue weighted by molar-refractivity contribution is 6.02. The minimum Gasteiger partial charge on any atom is -0.494 e. The summed E-state index contributed by atoms with van der Waals surface area (Å²) >= 11 is 0. The number of carbonyl (C=O) groups is 3. The molecule has 0 heterocycles. The lowest BCUT2D eigenvalue weighted by Gasteiger charge is -2.44. The third-order valence-electron chi connectivity index (χ3n) is 5.05. The molecule has 2 rings (SSSR count). The molecule has 0 amide bonds. The molecule has 0 bridgehead atoms. The van der Waals surface area contributed by atoms with Gasteiger partial charge in [0.25, 0.3) is 0 Å². The molecule has 7 nitrogen and oxygen atoms in total. The average Bonchev–Trinajstić information content (AvgIpc) is 2.59. The molecular weight excluding hydrogens is 388 g/mol. The summed E-state index contributed by atoms with van der Waals surface area (Å²) in [6.45, 7) is 10.6. The second kappa shape index (κ2) is 9.60. The molecule has 1 N–H and O–H groups in total. The van der Waals surface area contributed by atoms with Gasteiger partial charge < -0.3 is 19.3 Å². The standard InChI is InChI=1S/C23H32O7/c1-7-28-16-10-8-15(9-11-16)18-19(21(25)29-13(2)3)17(24)12-23(6,27)20(18)22(26)30-14(4)5/h8-11,13-14,18-20,27H,7,12H2,1-6H3/t18-,19-,20+,23+/m1/s1. The minimum atomic E-state index is -1.67. The van der Waals surface area contributed by atoms with Crippen molar-refractivity contribution in [3.8, 4) is 5.75 Å². The fourth-order valence-corrected chi connectivity index (χ4v) is 3.98. The number of hydrogen-bond acceptors (Lipinski definition) is 7. The summed E-state index contributed by atoms with van der Waals surface area (Å²) in [7, 11) is 0. The first kappa shape index (κ1) is 23.9. The monoisotopic (exact) mass is 420 g/mol. The van der Waals surface area contributed by atoms with E-state index in [1.807, 2.05) is 6.92 Å². The fourth-order valence-electron chi connectivity index (χ4n) is 3.98. The van der Waals surface area contributed by atoms with Crippen LogP contribution in [-0.2, 0) is 23.9 Å². The molecule has 0 unspecified atom stereocenters. The molecule has 4 atom stereocenters. The van der Waals surface area contributed by atoms with E-state index in [-0.39, 0.29) is 6.42 Å². The SMILES string of the molecule is CCOc1ccc([C@@H]2[C@H](C(=O)OC(C)C)C(=O)C[C@](C)(O)[C@@H]2C(=O)OC(C)C)cc1. The molecule has 166 valence electrons. The van der Waals surface area contributed by atoms with Crippen molar-refractivity contribution in [2.45, 2.75) is 71.7 Å². The highest BCUT2D eigenvalue weighted by atomic mass is 16.5. The first-order valence-electron chi connectivity index (χ1n) is 10.4. The lowest BCUT2D eigenvalue weighted by atomic mass is 9.61. The van der Waals surface area contributed by atoms with Gasteiger partial charge in [0.05, 0.1) is 30.3 Å². The van der Waals surface area contributed by atoms with Gasteiger partial charge in [-0.25, -0.2) is 0 Å². The third-order valence-corrected chi connectivity index (χ3v) is 5.05. The molecule has 0 aromatic heterocycles. The second-order valence-electron chi connectivity index (χ2n) is 8.45. The van der Waals surface area contributed by atoms with Crippen LogP contribution in [0.1, 0.15) is 59.4 Å². The Morgan fingerprint density at radius 3 is 2.10 bits per heavy atom. The van der Waals surface area contributed by atoms with Crippen molar-refractivity contribution in [1.29, 1.82) is 0 Å². The highest BCUT2D eigenvalue weighted by Crippen LogP contribution is 2.47. The summed E-state index contributed by atoms with van der Waals surface area (Å²) < 4.78 is 16.2. The average molecular weight is 421 g/mol. The molecule has 1 saturated carbocycles. The van der Waals surface area contributed by atoms with E-state index in [1.54, 1.807) is 52.0 Å². The normalized spacial score (nSPS) is 26.6. The Bertz CT molecular complexity index is 756. The smallest absolute Gasteiger partial charge is 0.317 e. The van der Waals surface area contributed by atoms with Gasteiger partial charge in [0.1, 0.15) is 11.7 Å². The number of esters is 2. The maximum absolute atomic E-state index is 13.0. The van der Waals surface area contributed by atoms with Crippen LogP contribution in [0.15, 0.2) is 24.3 Å². The molecule has 0 aliphatic heterocycles. The van der Waals surface area contributed by atoms with Gasteiger partial charge in [-0.3, -0.25) is 14.4 Å². The van der Waals surface area contributed by atoms with Crippen LogP contribution in [0.2, 0.25) is 0 Å². The van der Waals surface area contributed by atoms with Crippen LogP contribution in [0.3, 0.4) is 0 Å². The Labute approximate surface area is 177 Å². The predicted octanol–water partition coefficient (Wildman–Crippen LogP) is 3.03. The van der Waals surface area contributed by atoms with E-state index in [4.69, 9.17) is 14.2 Å². The lowest BCUT2D eigenvalue weighted by molar-refractivity contribution is -0.176. The number of ketones is 1. The van der Waals surface area contributed by atoms with Crippen LogP contribution in [0.25, 0.3) is 0 Å². The number of Topliss-reactive ketones (excluding diaryl/α,β-unsaturated/α-hetero) is 1. The van der Waals surface area contributed by atoms with E-state index in [9.17, 15) is 19.5 Å². The van der Waals surface area contributed by atoms with Crippen LogP contribution in [-0.4, -0.2) is 47.2 Å². The van der Waals surface area contributed by atoms with Crippen LogP contribution in [0, 0.1) is 11.8 Å². The number of aliphatic hydroxyl groups is 1. The van der Waals surface area contributed by atoms with E-state index < -0.39 is 53.3 Å². The van der Waals surface area contributed by atoms with Crippen LogP contribution in [0.5, 0.6) is 5.75 Å². The molecule has 1 fully saturated rings. The molecule has 1 aromatic rings. The van der Waals surface area contributed by atoms with E-state index >= 15 is 0 Å². The van der Waals surface area contributed by atoms with E-state index in [2.05, 4.69) is 0 Å². The zero-order valence-corrected chi connectivity index (χ0v) is 18.5. The topological polar surface area (TPSA) is 99.1 Å². The number of rotatable bonds is 7. The van der Waals surface area contributed by atoms with Crippen molar-refractivity contribution in [3.63, 3.8) is 0 Å². The molecule has 0 saturated heterocycles. The first-order chi connectivity index (χ1) is 14.0. The van der Waals surface area contributed by atoms with Crippen molar-refractivity contribution in [3.05, 3.63) is 29.8 Å². The molecule has 1 aliphatic rings. The summed E-state index contributed by atoms with van der Waals surface area (Å²) in [4.78, 5) is 38.8. The first-order valence-corrected chi connectivity index (χ1v) is 10.4. The molecule has 30 heavy (non-hydrogen) atoms. The van der Waals surface area contributed by atoms with Crippen LogP contribution < -0.4 is 4.74 Å². The van der Waals surface area contributed by atoms with E-state index in [0.717, 1.165) is 0 Å². The van der Waals surface area contributed by atoms with Gasteiger partial charge in [-0.05, 0) is 59.2 Å². The number of carbonyl (C=O) groups excluding carboxylic acids is 3. The number of benzene rings is 1. The van der Waals surface area contributed by atoms with E-state index in [0.29, 0.717) is 17.9 Å². The molecule has 1 aromatic carbocycles. The maximum Gasteiger partial charge on any atom is 0.317 e. The maximum atomic E-state index is 13.0. The van der Waals surface area contributed by atoms with Crippen molar-refractivity contribution in [2.24, 2.45) is 11.8 Å². The second-order valence-corrected chi connectivity index (χ2v) is 8.45. The Hall–Kier alpha value is -2.41. The summed E-state index contributed by atoms with van der Waals surface area (Å²) in [6, 6.07) is 6.83. The molecule has 0 radical (unpaired) electrons. The predicted molar refractivity (Wildman–Crippen MR) is 110 cm³/mol. The van der Waals surface area contributed by atoms with Gasteiger partial charge in [-0.1, -0.05) is 12.1 Å². The summed E-state index contributed by atoms with van der Waals surface area (Å²) in [6.07, 6.45) is -1.17. The Morgan fingerprint density at radius 1 is 1.07 bits per heavy atom. The highest BCUT2D eigenvalue weighted by Gasteiger charge is 2.57.